The van der Waals surface area contributed by atoms with Crippen molar-refractivity contribution in [3.8, 4) is 0 Å². The number of rotatable bonds is 4. The molecule has 2 aromatic rings. The molecule has 2 heterocycles. The maximum Gasteiger partial charge on any atom is 0.235 e. The lowest BCUT2D eigenvalue weighted by Gasteiger charge is -2.03. The number of aromatic nitrogens is 3. The van der Waals surface area contributed by atoms with E-state index >= 15 is 0 Å². The smallest absolute Gasteiger partial charge is 0.235 e. The molecule has 0 aliphatic heterocycles. The zero-order valence-electron chi connectivity index (χ0n) is 9.30. The van der Waals surface area contributed by atoms with Crippen LogP contribution in [0.15, 0.2) is 35.6 Å². The average molecular weight is 248 g/mol. The highest BCUT2D eigenvalue weighted by atomic mass is 32.2. The van der Waals surface area contributed by atoms with Gasteiger partial charge in [0, 0.05) is 22.9 Å². The van der Waals surface area contributed by atoms with Crippen molar-refractivity contribution in [3.63, 3.8) is 0 Å². The molecule has 0 bridgehead atoms. The molecule has 5 nitrogen and oxygen atoms in total. The molecule has 0 unspecified atom stereocenters. The van der Waals surface area contributed by atoms with Crippen LogP contribution in [0.2, 0.25) is 0 Å². The summed E-state index contributed by atoms with van der Waals surface area (Å²) in [6, 6.07) is 3.75. The molecule has 0 aliphatic rings. The number of carbonyl (C=O) groups is 1. The van der Waals surface area contributed by atoms with Gasteiger partial charge >= 0.3 is 0 Å². The first-order chi connectivity index (χ1) is 8.25. The fourth-order valence-electron chi connectivity index (χ4n) is 1.23. The van der Waals surface area contributed by atoms with Gasteiger partial charge in [-0.3, -0.25) is 14.9 Å². The molecule has 88 valence electrons. The maximum atomic E-state index is 11.6. The highest BCUT2D eigenvalue weighted by molar-refractivity contribution is 8.00. The van der Waals surface area contributed by atoms with Crippen LogP contribution in [0.1, 0.15) is 5.56 Å². The molecular formula is C11H12N4OS. The summed E-state index contributed by atoms with van der Waals surface area (Å²) >= 11 is 1.47. The molecule has 17 heavy (non-hydrogen) atoms. The van der Waals surface area contributed by atoms with E-state index in [4.69, 9.17) is 0 Å². The van der Waals surface area contributed by atoms with Gasteiger partial charge in [-0.25, -0.2) is 0 Å². The Labute approximate surface area is 103 Å². The zero-order chi connectivity index (χ0) is 12.1. The van der Waals surface area contributed by atoms with Crippen LogP contribution >= 0.6 is 11.8 Å². The number of aryl methyl sites for hydroxylation is 1. The molecule has 6 heteroatoms. The number of nitrogens with zero attached hydrogens (tertiary/aromatic N) is 2. The number of aromatic amines is 1. The molecule has 0 radical (unpaired) electrons. The van der Waals surface area contributed by atoms with E-state index in [-0.39, 0.29) is 5.91 Å². The van der Waals surface area contributed by atoms with Crippen molar-refractivity contribution < 1.29 is 4.79 Å². The molecule has 2 aromatic heterocycles. The van der Waals surface area contributed by atoms with Crippen LogP contribution in [0.25, 0.3) is 0 Å². The van der Waals surface area contributed by atoms with E-state index in [1.54, 1.807) is 18.6 Å². The van der Waals surface area contributed by atoms with Crippen LogP contribution in [-0.2, 0) is 4.79 Å². The molecular weight excluding hydrogens is 236 g/mol. The van der Waals surface area contributed by atoms with E-state index in [1.165, 1.54) is 11.8 Å². The molecule has 1 amide bonds. The van der Waals surface area contributed by atoms with Gasteiger partial charge in [0.2, 0.25) is 5.91 Å². The third-order valence-electron chi connectivity index (χ3n) is 2.11. The minimum absolute atomic E-state index is 0.0563. The first kappa shape index (κ1) is 11.7. The molecule has 0 saturated heterocycles. The Morgan fingerprint density at radius 2 is 2.24 bits per heavy atom. The minimum atomic E-state index is -0.0563. The number of hydrogen-bond acceptors (Lipinski definition) is 4. The molecule has 0 atom stereocenters. The summed E-state index contributed by atoms with van der Waals surface area (Å²) in [5.74, 6) is 0.965. The number of H-pyrrole nitrogens is 1. The first-order valence-electron chi connectivity index (χ1n) is 5.08. The molecule has 0 fully saturated rings. The fraction of sp³-hybridized carbons (Fsp3) is 0.182. The van der Waals surface area contributed by atoms with Crippen molar-refractivity contribution in [1.29, 1.82) is 0 Å². The Morgan fingerprint density at radius 3 is 2.88 bits per heavy atom. The Kier molecular flexibility index (Phi) is 3.77. The molecule has 0 aromatic carbocycles. The van der Waals surface area contributed by atoms with E-state index < -0.39 is 0 Å². The van der Waals surface area contributed by atoms with E-state index in [1.807, 2.05) is 19.1 Å². The molecule has 0 spiro atoms. The molecule has 0 aliphatic carbocycles. The number of carbonyl (C=O) groups excluding carboxylic acids is 1. The number of thioether (sulfide) groups is 1. The van der Waals surface area contributed by atoms with Gasteiger partial charge in [0.05, 0.1) is 11.9 Å². The van der Waals surface area contributed by atoms with Crippen molar-refractivity contribution in [3.05, 3.63) is 36.3 Å². The second-order valence-electron chi connectivity index (χ2n) is 3.45. The number of hydrogen-bond donors (Lipinski definition) is 2. The van der Waals surface area contributed by atoms with Gasteiger partial charge in [0.15, 0.2) is 0 Å². The van der Waals surface area contributed by atoms with Gasteiger partial charge in [-0.05, 0) is 19.1 Å². The Bertz CT molecular complexity index is 497. The number of nitrogens with one attached hydrogen (secondary N) is 2. The van der Waals surface area contributed by atoms with Crippen molar-refractivity contribution in [2.24, 2.45) is 0 Å². The van der Waals surface area contributed by atoms with Crippen LogP contribution in [0.5, 0.6) is 0 Å². The second kappa shape index (κ2) is 5.49. The number of pyridine rings is 1. The van der Waals surface area contributed by atoms with Gasteiger partial charge in [-0.15, -0.1) is 11.8 Å². The van der Waals surface area contributed by atoms with E-state index in [2.05, 4.69) is 20.5 Å². The average Bonchev–Trinajstić information content (AvgIpc) is 2.74. The fourth-order valence-corrected chi connectivity index (χ4v) is 1.92. The van der Waals surface area contributed by atoms with Crippen LogP contribution < -0.4 is 5.32 Å². The summed E-state index contributed by atoms with van der Waals surface area (Å²) in [6.45, 7) is 1.88. The lowest BCUT2D eigenvalue weighted by molar-refractivity contribution is -0.113. The van der Waals surface area contributed by atoms with Crippen LogP contribution in [0, 0.1) is 6.92 Å². The van der Waals surface area contributed by atoms with Crippen molar-refractivity contribution in [1.82, 2.24) is 15.2 Å². The van der Waals surface area contributed by atoms with E-state index in [0.717, 1.165) is 10.5 Å². The van der Waals surface area contributed by atoms with Gasteiger partial charge in [0.25, 0.3) is 0 Å². The van der Waals surface area contributed by atoms with Crippen molar-refractivity contribution in [2.75, 3.05) is 11.1 Å². The van der Waals surface area contributed by atoms with Crippen LogP contribution in [0.4, 0.5) is 5.82 Å². The van der Waals surface area contributed by atoms with Gasteiger partial charge < -0.3 is 5.32 Å². The summed E-state index contributed by atoms with van der Waals surface area (Å²) in [7, 11) is 0. The Hall–Kier alpha value is -1.82. The van der Waals surface area contributed by atoms with Gasteiger partial charge in [-0.1, -0.05) is 0 Å². The quantitative estimate of drug-likeness (QED) is 0.810. The second-order valence-corrected chi connectivity index (χ2v) is 4.50. The van der Waals surface area contributed by atoms with Gasteiger partial charge in [-0.2, -0.15) is 5.10 Å². The predicted molar refractivity (Wildman–Crippen MR) is 66.9 cm³/mol. The van der Waals surface area contributed by atoms with E-state index in [9.17, 15) is 4.79 Å². The Balaban J connectivity index is 1.85. The topological polar surface area (TPSA) is 70.7 Å². The monoisotopic (exact) mass is 248 g/mol. The number of anilines is 1. The summed E-state index contributed by atoms with van der Waals surface area (Å²) < 4.78 is 0. The normalized spacial score (nSPS) is 10.2. The van der Waals surface area contributed by atoms with Crippen LogP contribution in [0.3, 0.4) is 0 Å². The van der Waals surface area contributed by atoms with Crippen LogP contribution in [-0.4, -0.2) is 26.8 Å². The molecule has 2 rings (SSSR count). The minimum Gasteiger partial charge on any atom is -0.310 e. The predicted octanol–water partition coefficient (Wildman–Crippen LogP) is 1.84. The summed E-state index contributed by atoms with van der Waals surface area (Å²) in [4.78, 5) is 16.6. The lowest BCUT2D eigenvalue weighted by Crippen LogP contribution is -2.14. The highest BCUT2D eigenvalue weighted by Crippen LogP contribution is 2.16. The molecule has 2 N–H and O–H groups in total. The zero-order valence-corrected chi connectivity index (χ0v) is 10.1. The van der Waals surface area contributed by atoms with E-state index in [0.29, 0.717) is 11.6 Å². The van der Waals surface area contributed by atoms with Crippen molar-refractivity contribution in [2.45, 2.75) is 11.8 Å². The lowest BCUT2D eigenvalue weighted by atomic mass is 10.4. The first-order valence-corrected chi connectivity index (χ1v) is 6.07. The van der Waals surface area contributed by atoms with Gasteiger partial charge in [0.1, 0.15) is 5.82 Å². The maximum absolute atomic E-state index is 11.6. The highest BCUT2D eigenvalue weighted by Gasteiger charge is 2.06. The Morgan fingerprint density at radius 1 is 1.47 bits per heavy atom. The third kappa shape index (κ3) is 3.32. The number of amides is 1. The molecule has 0 saturated carbocycles. The summed E-state index contributed by atoms with van der Waals surface area (Å²) in [5.41, 5.74) is 0.923. The standard InChI is InChI=1S/C11H12N4OS/c1-8-6-13-15-11(8)14-10(16)7-17-9-2-4-12-5-3-9/h2-6H,7H2,1H3,(H2,13,14,15,16). The van der Waals surface area contributed by atoms with Crippen molar-refractivity contribution >= 4 is 23.5 Å². The summed E-state index contributed by atoms with van der Waals surface area (Å²) in [5, 5.41) is 9.34. The largest absolute Gasteiger partial charge is 0.310 e. The third-order valence-corrected chi connectivity index (χ3v) is 3.13. The summed E-state index contributed by atoms with van der Waals surface area (Å²) in [6.07, 6.45) is 5.09. The SMILES string of the molecule is Cc1cn[nH]c1NC(=O)CSc1ccncc1.